The van der Waals surface area contributed by atoms with Gasteiger partial charge in [-0.25, -0.2) is 4.79 Å². The lowest BCUT2D eigenvalue weighted by Gasteiger charge is -2.14. The van der Waals surface area contributed by atoms with Crippen LogP contribution in [0.15, 0.2) is 0 Å². The Morgan fingerprint density at radius 2 is 2.60 bits per heavy atom. The summed E-state index contributed by atoms with van der Waals surface area (Å²) in [6.45, 7) is 2.59. The number of alkyl carbamates (subject to hydrolysis) is 1. The van der Waals surface area contributed by atoms with Crippen molar-refractivity contribution in [3.8, 4) is 0 Å². The number of likely N-dealkylation sites (N-methyl/N-ethyl adjacent to an activating group) is 1. The Bertz CT molecular complexity index is 138. The van der Waals surface area contributed by atoms with E-state index in [0.717, 1.165) is 0 Å². The van der Waals surface area contributed by atoms with Gasteiger partial charge in [-0.3, -0.25) is 0 Å². The Hall–Kier alpha value is -0.770. The van der Waals surface area contributed by atoms with E-state index in [1.165, 1.54) is 0 Å². The summed E-state index contributed by atoms with van der Waals surface area (Å²) in [5.41, 5.74) is 0. The van der Waals surface area contributed by atoms with E-state index in [4.69, 9.17) is 4.74 Å². The molecule has 0 radical (unpaired) electrons. The molecule has 1 aliphatic heterocycles. The first kappa shape index (κ1) is 7.34. The molecule has 0 saturated carbocycles. The van der Waals surface area contributed by atoms with Crippen LogP contribution in [0.5, 0.6) is 0 Å². The second-order valence-corrected chi connectivity index (χ2v) is 2.40. The monoisotopic (exact) mass is 144 g/mol. The van der Waals surface area contributed by atoms with E-state index in [9.17, 15) is 4.79 Å². The van der Waals surface area contributed by atoms with Crippen LogP contribution >= 0.6 is 0 Å². The molecule has 0 aliphatic carbocycles. The topological polar surface area (TPSA) is 50.4 Å². The van der Waals surface area contributed by atoms with Gasteiger partial charge >= 0.3 is 6.09 Å². The number of rotatable bonds is 2. The number of nitrogens with one attached hydrogen (secondary N) is 2. The summed E-state index contributed by atoms with van der Waals surface area (Å²) in [7, 11) is 1.84. The average Bonchev–Trinajstić information content (AvgIpc) is 2.34. The number of hydrogen-bond donors (Lipinski definition) is 2. The molecule has 2 atom stereocenters. The summed E-state index contributed by atoms with van der Waals surface area (Å²) in [4.78, 5) is 10.5. The zero-order chi connectivity index (χ0) is 7.56. The van der Waals surface area contributed by atoms with Crippen molar-refractivity contribution in [2.45, 2.75) is 19.1 Å². The van der Waals surface area contributed by atoms with Crippen LogP contribution < -0.4 is 10.6 Å². The molecule has 1 saturated heterocycles. The molecule has 0 aromatic heterocycles. The highest BCUT2D eigenvalue weighted by molar-refractivity contribution is 5.69. The minimum absolute atomic E-state index is 0.0162. The molecular formula is C6H12N2O2. The largest absolute Gasteiger partial charge is 0.443 e. The second-order valence-electron chi connectivity index (χ2n) is 2.40. The minimum atomic E-state index is -0.313. The molecular weight excluding hydrogens is 132 g/mol. The highest BCUT2D eigenvalue weighted by Gasteiger charge is 2.26. The van der Waals surface area contributed by atoms with Crippen molar-refractivity contribution >= 4 is 6.09 Å². The van der Waals surface area contributed by atoms with Crippen molar-refractivity contribution in [3.05, 3.63) is 0 Å². The minimum Gasteiger partial charge on any atom is -0.443 e. The number of amides is 1. The van der Waals surface area contributed by atoms with Crippen molar-refractivity contribution in [1.82, 2.24) is 10.6 Å². The summed E-state index contributed by atoms with van der Waals surface area (Å²) in [6.07, 6.45) is -0.329. The standard InChI is InChI=1S/C6H12N2O2/c1-4(7-2)5-3-8-6(9)10-5/h4-5,7H,3H2,1-2H3,(H,8,9). The van der Waals surface area contributed by atoms with Crippen LogP contribution in [0.25, 0.3) is 0 Å². The third kappa shape index (κ3) is 1.39. The first-order valence-electron chi connectivity index (χ1n) is 3.36. The van der Waals surface area contributed by atoms with Gasteiger partial charge in [0.15, 0.2) is 0 Å². The van der Waals surface area contributed by atoms with Gasteiger partial charge in [0.05, 0.1) is 6.54 Å². The van der Waals surface area contributed by atoms with Crippen LogP contribution in [-0.2, 0) is 4.74 Å². The lowest BCUT2D eigenvalue weighted by atomic mass is 10.2. The fraction of sp³-hybridized carbons (Fsp3) is 0.833. The van der Waals surface area contributed by atoms with Crippen LogP contribution in [0.1, 0.15) is 6.92 Å². The highest BCUT2D eigenvalue weighted by atomic mass is 16.6. The van der Waals surface area contributed by atoms with Gasteiger partial charge in [0.25, 0.3) is 0 Å². The summed E-state index contributed by atoms with van der Waals surface area (Å²) in [6, 6.07) is 0.221. The molecule has 1 amide bonds. The van der Waals surface area contributed by atoms with Gasteiger partial charge < -0.3 is 15.4 Å². The molecule has 58 valence electrons. The van der Waals surface area contributed by atoms with Crippen LogP contribution in [0.3, 0.4) is 0 Å². The normalized spacial score (nSPS) is 27.4. The lowest BCUT2D eigenvalue weighted by molar-refractivity contribution is 0.123. The fourth-order valence-electron chi connectivity index (χ4n) is 0.869. The van der Waals surface area contributed by atoms with E-state index in [1.54, 1.807) is 0 Å². The molecule has 4 nitrogen and oxygen atoms in total. The van der Waals surface area contributed by atoms with E-state index < -0.39 is 0 Å². The second kappa shape index (κ2) is 2.88. The number of hydrogen-bond acceptors (Lipinski definition) is 3. The molecule has 2 N–H and O–H groups in total. The number of carbonyl (C=O) groups is 1. The quantitative estimate of drug-likeness (QED) is 0.559. The molecule has 4 heteroatoms. The highest BCUT2D eigenvalue weighted by Crippen LogP contribution is 2.03. The molecule has 2 unspecified atom stereocenters. The van der Waals surface area contributed by atoms with E-state index in [-0.39, 0.29) is 18.2 Å². The van der Waals surface area contributed by atoms with Gasteiger partial charge in [0.1, 0.15) is 6.10 Å². The van der Waals surface area contributed by atoms with Crippen LogP contribution in [-0.4, -0.2) is 31.8 Å². The van der Waals surface area contributed by atoms with Crippen molar-refractivity contribution in [3.63, 3.8) is 0 Å². The Kier molecular flexibility index (Phi) is 2.11. The zero-order valence-electron chi connectivity index (χ0n) is 6.18. The smallest absolute Gasteiger partial charge is 0.407 e. The van der Waals surface area contributed by atoms with Gasteiger partial charge in [-0.05, 0) is 14.0 Å². The van der Waals surface area contributed by atoms with Crippen molar-refractivity contribution in [2.24, 2.45) is 0 Å². The summed E-state index contributed by atoms with van der Waals surface area (Å²) in [5.74, 6) is 0. The van der Waals surface area contributed by atoms with Gasteiger partial charge in [0, 0.05) is 6.04 Å². The van der Waals surface area contributed by atoms with Gasteiger partial charge in [-0.2, -0.15) is 0 Å². The van der Waals surface area contributed by atoms with Crippen molar-refractivity contribution in [2.75, 3.05) is 13.6 Å². The van der Waals surface area contributed by atoms with Crippen LogP contribution in [0.4, 0.5) is 4.79 Å². The molecule has 0 aromatic carbocycles. The molecule has 1 aliphatic rings. The average molecular weight is 144 g/mol. The number of carbonyl (C=O) groups excluding carboxylic acids is 1. The summed E-state index contributed by atoms with van der Waals surface area (Å²) >= 11 is 0. The Balaban J connectivity index is 2.36. The zero-order valence-corrected chi connectivity index (χ0v) is 6.18. The van der Waals surface area contributed by atoms with Crippen LogP contribution in [0, 0.1) is 0 Å². The molecule has 0 bridgehead atoms. The van der Waals surface area contributed by atoms with Crippen LogP contribution in [0.2, 0.25) is 0 Å². The molecule has 0 aromatic rings. The van der Waals surface area contributed by atoms with Gasteiger partial charge in [-0.1, -0.05) is 0 Å². The molecule has 1 fully saturated rings. The predicted molar refractivity (Wildman–Crippen MR) is 36.8 cm³/mol. The third-order valence-corrected chi connectivity index (χ3v) is 1.72. The maximum atomic E-state index is 10.5. The Morgan fingerprint density at radius 1 is 1.90 bits per heavy atom. The van der Waals surface area contributed by atoms with Gasteiger partial charge in [-0.15, -0.1) is 0 Å². The maximum Gasteiger partial charge on any atom is 0.407 e. The Morgan fingerprint density at radius 3 is 3.00 bits per heavy atom. The third-order valence-electron chi connectivity index (χ3n) is 1.72. The Labute approximate surface area is 59.9 Å². The SMILES string of the molecule is CNC(C)C1CNC(=O)O1. The van der Waals surface area contributed by atoms with Gasteiger partial charge in [0.2, 0.25) is 0 Å². The predicted octanol–water partition coefficient (Wildman–Crippen LogP) is -0.297. The fourth-order valence-corrected chi connectivity index (χ4v) is 0.869. The van der Waals surface area contributed by atoms with Crippen molar-refractivity contribution in [1.29, 1.82) is 0 Å². The van der Waals surface area contributed by atoms with E-state index in [1.807, 2.05) is 14.0 Å². The lowest BCUT2D eigenvalue weighted by Crippen LogP contribution is -2.37. The first-order chi connectivity index (χ1) is 4.74. The van der Waals surface area contributed by atoms with E-state index in [2.05, 4.69) is 10.6 Å². The molecule has 0 spiro atoms. The molecule has 10 heavy (non-hydrogen) atoms. The number of cyclic esters (lactones) is 1. The van der Waals surface area contributed by atoms with E-state index in [0.29, 0.717) is 6.54 Å². The molecule has 1 rings (SSSR count). The summed E-state index contributed by atoms with van der Waals surface area (Å²) < 4.78 is 4.90. The number of ether oxygens (including phenoxy) is 1. The first-order valence-corrected chi connectivity index (χ1v) is 3.36. The maximum absolute atomic E-state index is 10.5. The van der Waals surface area contributed by atoms with Crippen molar-refractivity contribution < 1.29 is 9.53 Å². The van der Waals surface area contributed by atoms with E-state index >= 15 is 0 Å². The summed E-state index contributed by atoms with van der Waals surface area (Å²) in [5, 5.41) is 5.59. The molecule has 1 heterocycles.